The van der Waals surface area contributed by atoms with Crippen molar-refractivity contribution < 1.29 is 4.79 Å². The highest BCUT2D eigenvalue weighted by atomic mass is 35.5. The summed E-state index contributed by atoms with van der Waals surface area (Å²) < 4.78 is 1.76. The zero-order valence-corrected chi connectivity index (χ0v) is 27.0. The minimum absolute atomic E-state index is 0.176. The second-order valence-corrected chi connectivity index (χ2v) is 12.9. The Labute approximate surface area is 282 Å². The SMILES string of the molecule is CC1CC=CN2C(=C1c1ccccc1)c1c(C(=O)Nc3ccnn3Cc3cccnc3)[nH]c3cc(Cl)cc(c13)C2c1ccc(Cl)cc1. The molecule has 9 heteroatoms. The maximum absolute atomic E-state index is 14.5. The zero-order chi connectivity index (χ0) is 32.1. The summed E-state index contributed by atoms with van der Waals surface area (Å²) in [5, 5.41) is 9.87. The van der Waals surface area contributed by atoms with Gasteiger partial charge in [-0.3, -0.25) is 9.78 Å². The quantitative estimate of drug-likeness (QED) is 0.187. The number of rotatable bonds is 6. The third-order valence-electron chi connectivity index (χ3n) is 8.98. The number of nitrogens with one attached hydrogen (secondary N) is 2. The van der Waals surface area contributed by atoms with Gasteiger partial charge in [-0.25, -0.2) is 4.68 Å². The highest BCUT2D eigenvalue weighted by molar-refractivity contribution is 6.32. The van der Waals surface area contributed by atoms with Crippen molar-refractivity contribution in [3.8, 4) is 0 Å². The Hall–Kier alpha value is -5.11. The van der Waals surface area contributed by atoms with E-state index in [0.29, 0.717) is 28.1 Å². The van der Waals surface area contributed by atoms with Gasteiger partial charge in [-0.05, 0) is 70.5 Å². The van der Waals surface area contributed by atoms with E-state index in [9.17, 15) is 4.79 Å². The maximum atomic E-state index is 14.5. The van der Waals surface area contributed by atoms with Crippen molar-refractivity contribution in [2.75, 3.05) is 5.32 Å². The molecule has 0 radical (unpaired) electrons. The van der Waals surface area contributed by atoms with E-state index in [2.05, 4.69) is 80.9 Å². The van der Waals surface area contributed by atoms with Crippen LogP contribution in [0.15, 0.2) is 116 Å². The third kappa shape index (κ3) is 5.22. The molecule has 0 spiro atoms. The van der Waals surface area contributed by atoms with Crippen LogP contribution in [0.2, 0.25) is 10.0 Å². The molecule has 0 fully saturated rings. The summed E-state index contributed by atoms with van der Waals surface area (Å²) >= 11 is 13.2. The number of aromatic nitrogens is 4. The molecule has 2 atom stereocenters. The molecule has 5 heterocycles. The summed E-state index contributed by atoms with van der Waals surface area (Å²) in [7, 11) is 0. The molecule has 3 aromatic carbocycles. The lowest BCUT2D eigenvalue weighted by molar-refractivity contribution is 0.102. The van der Waals surface area contributed by atoms with Gasteiger partial charge >= 0.3 is 0 Å². The van der Waals surface area contributed by atoms with Crippen LogP contribution in [0, 0.1) is 5.92 Å². The topological polar surface area (TPSA) is 78.8 Å². The predicted octanol–water partition coefficient (Wildman–Crippen LogP) is 9.19. The Morgan fingerprint density at radius 2 is 1.81 bits per heavy atom. The maximum Gasteiger partial charge on any atom is 0.273 e. The minimum Gasteiger partial charge on any atom is -0.350 e. The Balaban J connectivity index is 1.36. The molecule has 0 bridgehead atoms. The van der Waals surface area contributed by atoms with E-state index < -0.39 is 0 Å². The van der Waals surface area contributed by atoms with Gasteiger partial charge in [-0.2, -0.15) is 5.10 Å². The highest BCUT2D eigenvalue weighted by Crippen LogP contribution is 2.52. The van der Waals surface area contributed by atoms with Gasteiger partial charge in [-0.15, -0.1) is 0 Å². The monoisotopic (exact) mass is 656 g/mol. The predicted molar refractivity (Wildman–Crippen MR) is 188 cm³/mol. The molecule has 2 unspecified atom stereocenters. The summed E-state index contributed by atoms with van der Waals surface area (Å²) in [5.41, 5.74) is 8.46. The van der Waals surface area contributed by atoms with Crippen LogP contribution in [-0.4, -0.2) is 30.6 Å². The molecule has 47 heavy (non-hydrogen) atoms. The van der Waals surface area contributed by atoms with Crippen LogP contribution in [0.5, 0.6) is 0 Å². The number of fused-ring (bicyclic) bond motifs is 2. The molecule has 0 aliphatic carbocycles. The van der Waals surface area contributed by atoms with E-state index in [4.69, 9.17) is 23.2 Å². The first-order chi connectivity index (χ1) is 23.0. The van der Waals surface area contributed by atoms with Gasteiger partial charge in [0.15, 0.2) is 0 Å². The van der Waals surface area contributed by atoms with E-state index in [1.807, 2.05) is 42.5 Å². The lowest BCUT2D eigenvalue weighted by Crippen LogP contribution is -2.29. The number of hydrogen-bond acceptors (Lipinski definition) is 4. The summed E-state index contributed by atoms with van der Waals surface area (Å²) in [6.07, 6.45) is 10.4. The number of amides is 1. The van der Waals surface area contributed by atoms with Crippen molar-refractivity contribution in [3.63, 3.8) is 0 Å². The largest absolute Gasteiger partial charge is 0.350 e. The average Bonchev–Trinajstić information content (AvgIpc) is 3.63. The summed E-state index contributed by atoms with van der Waals surface area (Å²) in [5.74, 6) is 0.494. The summed E-state index contributed by atoms with van der Waals surface area (Å²) in [6.45, 7) is 2.72. The molecule has 232 valence electrons. The van der Waals surface area contributed by atoms with Gasteiger partial charge in [0.1, 0.15) is 11.5 Å². The first-order valence-corrected chi connectivity index (χ1v) is 16.3. The van der Waals surface area contributed by atoms with Gasteiger partial charge < -0.3 is 15.2 Å². The lowest BCUT2D eigenvalue weighted by Gasteiger charge is -2.39. The fourth-order valence-corrected chi connectivity index (χ4v) is 7.31. The van der Waals surface area contributed by atoms with Crippen molar-refractivity contribution >= 4 is 57.1 Å². The third-order valence-corrected chi connectivity index (χ3v) is 9.45. The molecule has 2 aliphatic heterocycles. The average molecular weight is 658 g/mol. The molecule has 2 aliphatic rings. The first kappa shape index (κ1) is 29.3. The molecule has 3 aromatic heterocycles. The minimum atomic E-state index is -0.267. The fraction of sp³-hybridized carbons (Fsp3) is 0.132. The van der Waals surface area contributed by atoms with E-state index in [0.717, 1.165) is 50.8 Å². The van der Waals surface area contributed by atoms with E-state index in [1.54, 1.807) is 29.3 Å². The molecule has 1 amide bonds. The van der Waals surface area contributed by atoms with Crippen LogP contribution < -0.4 is 5.32 Å². The van der Waals surface area contributed by atoms with Gasteiger partial charge in [0.2, 0.25) is 0 Å². The van der Waals surface area contributed by atoms with E-state index in [-0.39, 0.29) is 17.9 Å². The number of benzene rings is 3. The van der Waals surface area contributed by atoms with Crippen LogP contribution in [-0.2, 0) is 6.54 Å². The van der Waals surface area contributed by atoms with Crippen molar-refractivity contribution in [1.29, 1.82) is 0 Å². The Morgan fingerprint density at radius 1 is 0.979 bits per heavy atom. The van der Waals surface area contributed by atoms with Crippen molar-refractivity contribution in [2.24, 2.45) is 5.92 Å². The molecular formula is C38H30Cl2N6O. The van der Waals surface area contributed by atoms with Crippen molar-refractivity contribution in [1.82, 2.24) is 24.6 Å². The Morgan fingerprint density at radius 3 is 2.60 bits per heavy atom. The van der Waals surface area contributed by atoms with Crippen molar-refractivity contribution in [2.45, 2.75) is 25.9 Å². The molecule has 0 saturated carbocycles. The molecule has 0 saturated heterocycles. The van der Waals surface area contributed by atoms with E-state index >= 15 is 0 Å². The first-order valence-electron chi connectivity index (χ1n) is 15.5. The Bertz CT molecular complexity index is 2180. The Kier molecular flexibility index (Phi) is 7.43. The number of carbonyl (C=O) groups is 1. The van der Waals surface area contributed by atoms with Gasteiger partial charge in [0.25, 0.3) is 5.91 Å². The number of pyridine rings is 1. The second kappa shape index (κ2) is 11.9. The van der Waals surface area contributed by atoms with Gasteiger partial charge in [0.05, 0.1) is 24.5 Å². The highest BCUT2D eigenvalue weighted by Gasteiger charge is 2.39. The van der Waals surface area contributed by atoms with Crippen LogP contribution in [0.4, 0.5) is 5.82 Å². The number of hydrogen-bond donors (Lipinski definition) is 2. The summed E-state index contributed by atoms with van der Waals surface area (Å²) in [4.78, 5) is 24.5. The fourth-order valence-electron chi connectivity index (χ4n) is 6.96. The van der Waals surface area contributed by atoms with Crippen LogP contribution in [0.3, 0.4) is 0 Å². The van der Waals surface area contributed by atoms with Crippen molar-refractivity contribution in [3.05, 3.63) is 159 Å². The molecular weight excluding hydrogens is 627 g/mol. The normalized spacial score (nSPS) is 17.1. The number of halogens is 2. The summed E-state index contributed by atoms with van der Waals surface area (Å²) in [6, 6.07) is 27.8. The van der Waals surface area contributed by atoms with Gasteiger partial charge in [0, 0.05) is 51.2 Å². The lowest BCUT2D eigenvalue weighted by atomic mass is 9.82. The second-order valence-electron chi connectivity index (χ2n) is 12.0. The number of allylic oxidation sites excluding steroid dienone is 2. The standard InChI is InChI=1S/C38H30Cl2N6O/c1-23-7-6-18-45-36(26-11-13-27(39)14-12-26)29-19-28(40)20-30-33(29)34(37(45)32(23)25-9-3-2-4-10-25)35(43-30)38(47)44-31-15-17-42-46(31)22-24-8-5-16-41-21-24/h2-6,8-21,23,36,43H,7,22H2,1H3,(H,44,47). The molecule has 6 aromatic rings. The smallest absolute Gasteiger partial charge is 0.273 e. The number of carbonyl (C=O) groups excluding carboxylic acids is 1. The molecule has 2 N–H and O–H groups in total. The number of H-pyrrole nitrogens is 1. The van der Waals surface area contributed by atoms with Crippen LogP contribution >= 0.6 is 23.2 Å². The van der Waals surface area contributed by atoms with Gasteiger partial charge in [-0.1, -0.05) is 84.7 Å². The number of anilines is 1. The zero-order valence-electron chi connectivity index (χ0n) is 25.5. The molecule has 8 rings (SSSR count). The number of nitrogens with zero attached hydrogens (tertiary/aromatic N) is 4. The van der Waals surface area contributed by atoms with Crippen LogP contribution in [0.1, 0.15) is 57.7 Å². The molecule has 7 nitrogen and oxygen atoms in total. The number of aromatic amines is 1. The van der Waals surface area contributed by atoms with Crippen LogP contribution in [0.25, 0.3) is 22.2 Å². The van der Waals surface area contributed by atoms with E-state index in [1.165, 1.54) is 5.57 Å².